The molecule has 202 valence electrons. The summed E-state index contributed by atoms with van der Waals surface area (Å²) in [7, 11) is 4.85. The van der Waals surface area contributed by atoms with Crippen molar-refractivity contribution in [2.24, 2.45) is 7.05 Å². The fraction of sp³-hybridized carbons (Fsp3) is 0.346. The Morgan fingerprint density at radius 2 is 1.68 bits per heavy atom. The van der Waals surface area contributed by atoms with Gasteiger partial charge in [-0.25, -0.2) is 4.98 Å². The Bertz CT molecular complexity index is 1380. The maximum atomic E-state index is 12.7. The smallest absolute Gasteiger partial charge is 0.401 e. The highest BCUT2D eigenvalue weighted by Gasteiger charge is 2.30. The van der Waals surface area contributed by atoms with Crippen molar-refractivity contribution in [2.45, 2.75) is 18.7 Å². The summed E-state index contributed by atoms with van der Waals surface area (Å²) in [6.07, 6.45) is 0.805. The Balaban J connectivity index is 1.75. The number of ether oxygens (including phenoxy) is 2. The molecule has 2 N–H and O–H groups in total. The SMILES string of the molecule is COc1cc(OC)cc(N(C[C@](C)(O)CNCC(F)(F)F)c2ccc3ncc(-c4cnn(C)c4)nc3c2)c1. The molecule has 4 rings (SSSR count). The van der Waals surface area contributed by atoms with Crippen molar-refractivity contribution < 1.29 is 27.8 Å². The molecule has 38 heavy (non-hydrogen) atoms. The van der Waals surface area contributed by atoms with Gasteiger partial charge in [0.2, 0.25) is 0 Å². The number of aromatic nitrogens is 4. The van der Waals surface area contributed by atoms with Gasteiger partial charge in [-0.15, -0.1) is 0 Å². The van der Waals surface area contributed by atoms with E-state index in [4.69, 9.17) is 14.5 Å². The van der Waals surface area contributed by atoms with E-state index in [0.29, 0.717) is 39.6 Å². The van der Waals surface area contributed by atoms with E-state index in [1.54, 1.807) is 46.2 Å². The standard InChI is InChI=1S/C26H29F3N6O3/c1-25(36,14-30-15-26(27,28)29)16-35(19-7-20(37-3)10-21(8-19)38-4)18-5-6-22-23(9-18)33-24(12-31-22)17-11-32-34(2)13-17/h5-13,30,36H,14-16H2,1-4H3/t25-/m1/s1. The first-order valence-corrected chi connectivity index (χ1v) is 11.7. The van der Waals surface area contributed by atoms with E-state index in [0.717, 1.165) is 5.56 Å². The third-order valence-corrected chi connectivity index (χ3v) is 5.82. The van der Waals surface area contributed by atoms with Gasteiger partial charge in [-0.2, -0.15) is 18.3 Å². The molecule has 2 heterocycles. The molecule has 0 amide bonds. The largest absolute Gasteiger partial charge is 0.497 e. The predicted octanol–water partition coefficient (Wildman–Crippen LogP) is 4.09. The Morgan fingerprint density at radius 3 is 2.29 bits per heavy atom. The molecule has 0 unspecified atom stereocenters. The van der Waals surface area contributed by atoms with Crippen LogP contribution in [0.3, 0.4) is 0 Å². The zero-order valence-electron chi connectivity index (χ0n) is 21.5. The normalized spacial score (nSPS) is 13.4. The number of anilines is 2. The number of nitrogens with zero attached hydrogens (tertiary/aromatic N) is 5. The molecule has 0 aliphatic carbocycles. The topological polar surface area (TPSA) is 97.6 Å². The molecule has 2 aromatic carbocycles. The Kier molecular flexibility index (Phi) is 7.74. The van der Waals surface area contributed by atoms with Crippen LogP contribution in [-0.4, -0.2) is 70.5 Å². The number of nitrogens with one attached hydrogen (secondary N) is 1. The fourth-order valence-corrected chi connectivity index (χ4v) is 4.01. The van der Waals surface area contributed by atoms with Gasteiger partial charge in [0.1, 0.15) is 11.5 Å². The molecule has 0 saturated heterocycles. The number of hydrogen-bond acceptors (Lipinski definition) is 8. The van der Waals surface area contributed by atoms with Crippen molar-refractivity contribution in [1.29, 1.82) is 0 Å². The van der Waals surface area contributed by atoms with E-state index in [1.807, 2.05) is 25.4 Å². The maximum Gasteiger partial charge on any atom is 0.401 e. The third-order valence-electron chi connectivity index (χ3n) is 5.82. The van der Waals surface area contributed by atoms with E-state index >= 15 is 0 Å². The lowest BCUT2D eigenvalue weighted by molar-refractivity contribution is -0.126. The summed E-state index contributed by atoms with van der Waals surface area (Å²) in [5, 5.41) is 17.6. The molecule has 1 atom stereocenters. The minimum absolute atomic E-state index is 0.0462. The second-order valence-corrected chi connectivity index (χ2v) is 9.20. The van der Waals surface area contributed by atoms with Crippen LogP contribution in [0.1, 0.15) is 6.92 Å². The van der Waals surface area contributed by atoms with Gasteiger partial charge in [-0.1, -0.05) is 0 Å². The minimum atomic E-state index is -4.39. The molecule has 2 aromatic heterocycles. The molecule has 0 spiro atoms. The van der Waals surface area contributed by atoms with E-state index in [-0.39, 0.29) is 13.1 Å². The average molecular weight is 531 g/mol. The molecular formula is C26H29F3N6O3. The first-order chi connectivity index (χ1) is 18.0. The fourth-order valence-electron chi connectivity index (χ4n) is 4.01. The zero-order chi connectivity index (χ0) is 27.5. The van der Waals surface area contributed by atoms with Crippen molar-refractivity contribution in [3.8, 4) is 22.8 Å². The maximum absolute atomic E-state index is 12.7. The Labute approximate surface area is 217 Å². The van der Waals surface area contributed by atoms with Gasteiger partial charge < -0.3 is 24.8 Å². The van der Waals surface area contributed by atoms with Crippen LogP contribution in [0.5, 0.6) is 11.5 Å². The summed E-state index contributed by atoms with van der Waals surface area (Å²) in [5.41, 5.74) is 2.40. The van der Waals surface area contributed by atoms with Crippen LogP contribution < -0.4 is 19.7 Å². The molecule has 0 fully saturated rings. The molecule has 4 aromatic rings. The number of alkyl halides is 3. The summed E-state index contributed by atoms with van der Waals surface area (Å²) in [4.78, 5) is 11.0. The van der Waals surface area contributed by atoms with Gasteiger partial charge in [-0.05, 0) is 25.1 Å². The van der Waals surface area contributed by atoms with Gasteiger partial charge >= 0.3 is 6.18 Å². The van der Waals surface area contributed by atoms with Gasteiger partial charge in [0.15, 0.2) is 0 Å². The lowest BCUT2D eigenvalue weighted by Gasteiger charge is -2.34. The van der Waals surface area contributed by atoms with Crippen LogP contribution in [0.2, 0.25) is 0 Å². The first kappa shape index (κ1) is 27.1. The van der Waals surface area contributed by atoms with E-state index < -0.39 is 18.3 Å². The quantitative estimate of drug-likeness (QED) is 0.317. The van der Waals surface area contributed by atoms with Crippen LogP contribution >= 0.6 is 0 Å². The summed E-state index contributed by atoms with van der Waals surface area (Å²) in [6.45, 7) is -0.0704. The van der Waals surface area contributed by atoms with Crippen molar-refractivity contribution in [1.82, 2.24) is 25.1 Å². The number of halogens is 3. The Morgan fingerprint density at radius 1 is 0.974 bits per heavy atom. The second-order valence-electron chi connectivity index (χ2n) is 9.20. The van der Waals surface area contributed by atoms with Crippen LogP contribution in [0.25, 0.3) is 22.3 Å². The van der Waals surface area contributed by atoms with Crippen LogP contribution in [0.15, 0.2) is 55.0 Å². The molecular weight excluding hydrogens is 501 g/mol. The summed E-state index contributed by atoms with van der Waals surface area (Å²) in [5.74, 6) is 1.03. The second kappa shape index (κ2) is 10.8. The predicted molar refractivity (Wildman–Crippen MR) is 138 cm³/mol. The number of aryl methyl sites for hydroxylation is 1. The van der Waals surface area contributed by atoms with Crippen molar-refractivity contribution in [2.75, 3.05) is 38.8 Å². The van der Waals surface area contributed by atoms with Crippen LogP contribution in [0, 0.1) is 0 Å². The van der Waals surface area contributed by atoms with Crippen molar-refractivity contribution >= 4 is 22.4 Å². The van der Waals surface area contributed by atoms with Crippen molar-refractivity contribution in [3.05, 3.63) is 55.0 Å². The van der Waals surface area contributed by atoms with E-state index in [1.165, 1.54) is 21.1 Å². The van der Waals surface area contributed by atoms with Gasteiger partial charge in [0.05, 0.1) is 62.0 Å². The zero-order valence-corrected chi connectivity index (χ0v) is 21.5. The lowest BCUT2D eigenvalue weighted by Crippen LogP contribution is -2.48. The molecule has 0 saturated carbocycles. The highest BCUT2D eigenvalue weighted by atomic mass is 19.4. The highest BCUT2D eigenvalue weighted by molar-refractivity contribution is 5.82. The summed E-state index contributed by atoms with van der Waals surface area (Å²) in [6, 6.07) is 10.6. The van der Waals surface area contributed by atoms with E-state index in [9.17, 15) is 18.3 Å². The molecule has 0 aliphatic rings. The number of benzene rings is 2. The number of hydrogen-bond donors (Lipinski definition) is 2. The van der Waals surface area contributed by atoms with Gasteiger partial charge in [0.25, 0.3) is 0 Å². The summed E-state index contributed by atoms with van der Waals surface area (Å²) >= 11 is 0. The Hall–Kier alpha value is -3.90. The molecule has 0 aliphatic heterocycles. The molecule has 0 radical (unpaired) electrons. The van der Waals surface area contributed by atoms with Crippen molar-refractivity contribution in [3.63, 3.8) is 0 Å². The number of rotatable bonds is 10. The van der Waals surface area contributed by atoms with Crippen LogP contribution in [-0.2, 0) is 7.05 Å². The number of aliphatic hydroxyl groups is 1. The summed E-state index contributed by atoms with van der Waals surface area (Å²) < 4.78 is 50.6. The molecule has 9 nitrogen and oxygen atoms in total. The molecule has 12 heteroatoms. The number of fused-ring (bicyclic) bond motifs is 1. The minimum Gasteiger partial charge on any atom is -0.497 e. The molecule has 0 bridgehead atoms. The number of methoxy groups -OCH3 is 2. The van der Waals surface area contributed by atoms with E-state index in [2.05, 4.69) is 15.4 Å². The third kappa shape index (κ3) is 6.69. The van der Waals surface area contributed by atoms with Crippen LogP contribution in [0.4, 0.5) is 24.5 Å². The lowest BCUT2D eigenvalue weighted by atomic mass is 10.0. The van der Waals surface area contributed by atoms with Gasteiger partial charge in [-0.3, -0.25) is 9.67 Å². The average Bonchev–Trinajstić information content (AvgIpc) is 3.31. The van der Waals surface area contributed by atoms with Gasteiger partial charge in [0, 0.05) is 54.9 Å². The first-order valence-electron chi connectivity index (χ1n) is 11.7. The highest BCUT2D eigenvalue weighted by Crippen LogP contribution is 2.35. The monoisotopic (exact) mass is 530 g/mol.